The van der Waals surface area contributed by atoms with Crippen molar-refractivity contribution in [3.8, 4) is 0 Å². The zero-order valence-electron chi connectivity index (χ0n) is 50.4. The van der Waals surface area contributed by atoms with Crippen LogP contribution >= 0.6 is 0 Å². The SMILES string of the molecule is CCCCCCCCCCCCC/C=C/[C@@H](OC(=O)c1ccccc1)[C@H](CO[C@@]1(C)O[C@H](COC(=O)OC(C)(C)C)[C@H](OC(=O)OC(C)(C)C)[C@H](OC(=O)c2ccccc2)[C@H]1O)NC(=O)CCCCCCCCCCCCCCC. The molecule has 15 nitrogen and oxygen atoms in total. The van der Waals surface area contributed by atoms with E-state index in [0.717, 1.165) is 38.5 Å². The van der Waals surface area contributed by atoms with E-state index in [1.807, 2.05) is 6.08 Å². The molecule has 2 N–H and O–H groups in total. The number of carbonyl (C=O) groups excluding carboxylic acids is 5. The Morgan fingerprint density at radius 3 is 1.54 bits per heavy atom. The van der Waals surface area contributed by atoms with Gasteiger partial charge < -0.3 is 48.3 Å². The number of aliphatic hydroxyl groups excluding tert-OH is 1. The van der Waals surface area contributed by atoms with Gasteiger partial charge in [0.2, 0.25) is 5.91 Å². The van der Waals surface area contributed by atoms with Gasteiger partial charge in [-0.3, -0.25) is 4.79 Å². The third-order valence-corrected chi connectivity index (χ3v) is 13.9. The molecule has 80 heavy (non-hydrogen) atoms. The van der Waals surface area contributed by atoms with Crippen LogP contribution in [0.4, 0.5) is 9.59 Å². The Morgan fingerprint density at radius 2 is 1.05 bits per heavy atom. The normalized spacial score (nSPS) is 19.2. The molecule has 1 aliphatic rings. The molecule has 0 aliphatic carbocycles. The zero-order chi connectivity index (χ0) is 58.7. The Labute approximate surface area is 480 Å². The summed E-state index contributed by atoms with van der Waals surface area (Å²) in [7, 11) is 0. The summed E-state index contributed by atoms with van der Waals surface area (Å²) in [6, 6.07) is 15.5. The fraction of sp³-hybridized carbons (Fsp3) is 0.708. The van der Waals surface area contributed by atoms with Gasteiger partial charge in [0.1, 0.15) is 36.1 Å². The molecule has 1 fully saturated rings. The molecule has 452 valence electrons. The van der Waals surface area contributed by atoms with Gasteiger partial charge in [-0.05, 0) is 98.1 Å². The molecule has 1 saturated heterocycles. The van der Waals surface area contributed by atoms with Gasteiger partial charge in [0, 0.05) is 6.42 Å². The van der Waals surface area contributed by atoms with Crippen LogP contribution in [0.1, 0.15) is 250 Å². The average Bonchev–Trinajstić information content (AvgIpc) is 3.41. The summed E-state index contributed by atoms with van der Waals surface area (Å²) in [4.78, 5) is 68.3. The van der Waals surface area contributed by atoms with Crippen molar-refractivity contribution >= 4 is 30.2 Å². The van der Waals surface area contributed by atoms with Crippen LogP contribution in [0.5, 0.6) is 0 Å². The van der Waals surface area contributed by atoms with Crippen molar-refractivity contribution in [3.63, 3.8) is 0 Å². The second-order valence-corrected chi connectivity index (χ2v) is 23.6. The number of benzene rings is 2. The minimum atomic E-state index is -2.14. The number of carbonyl (C=O) groups is 5. The number of esters is 2. The van der Waals surface area contributed by atoms with Gasteiger partial charge in [-0.1, -0.05) is 198 Å². The maximum Gasteiger partial charge on any atom is 0.509 e. The summed E-state index contributed by atoms with van der Waals surface area (Å²) >= 11 is 0. The molecule has 0 unspecified atom stereocenters. The van der Waals surface area contributed by atoms with Crippen LogP contribution in [0.2, 0.25) is 0 Å². The molecule has 0 aromatic heterocycles. The zero-order valence-corrected chi connectivity index (χ0v) is 50.4. The van der Waals surface area contributed by atoms with Gasteiger partial charge in [0.05, 0.1) is 23.8 Å². The molecule has 0 bridgehead atoms. The molecule has 0 radical (unpaired) electrons. The van der Waals surface area contributed by atoms with Crippen LogP contribution in [0.25, 0.3) is 0 Å². The van der Waals surface area contributed by atoms with Crippen LogP contribution < -0.4 is 5.32 Å². The first-order valence-electron chi connectivity index (χ1n) is 30.5. The number of rotatable bonds is 39. The van der Waals surface area contributed by atoms with E-state index in [0.29, 0.717) is 18.4 Å². The summed E-state index contributed by atoms with van der Waals surface area (Å²) in [6.07, 6.45) is 22.8. The first-order valence-corrected chi connectivity index (χ1v) is 30.5. The van der Waals surface area contributed by atoms with Crippen molar-refractivity contribution < 1.29 is 67.0 Å². The molecular formula is C65H103NO14. The van der Waals surface area contributed by atoms with Gasteiger partial charge in [0.15, 0.2) is 18.0 Å². The molecule has 1 amide bonds. The predicted octanol–water partition coefficient (Wildman–Crippen LogP) is 15.4. The van der Waals surface area contributed by atoms with E-state index in [1.54, 1.807) is 96.1 Å². The van der Waals surface area contributed by atoms with E-state index < -0.39 is 91.0 Å². The van der Waals surface area contributed by atoms with E-state index in [9.17, 15) is 29.1 Å². The van der Waals surface area contributed by atoms with Crippen molar-refractivity contribution in [1.29, 1.82) is 0 Å². The summed E-state index contributed by atoms with van der Waals surface area (Å²) in [5.74, 6) is -3.93. The van der Waals surface area contributed by atoms with E-state index >= 15 is 0 Å². The smallest absolute Gasteiger partial charge is 0.452 e. The number of allylic oxidation sites excluding steroid dienone is 1. The van der Waals surface area contributed by atoms with Crippen LogP contribution in [0.3, 0.4) is 0 Å². The summed E-state index contributed by atoms with van der Waals surface area (Å²) in [5, 5.41) is 15.5. The number of amides is 1. The number of hydrogen-bond acceptors (Lipinski definition) is 14. The quantitative estimate of drug-likeness (QED) is 0.0278. The molecule has 2 aromatic rings. The third kappa shape index (κ3) is 29.6. The Hall–Kier alpha value is -4.99. The molecule has 7 atom stereocenters. The second-order valence-electron chi connectivity index (χ2n) is 23.6. The number of aliphatic hydroxyl groups is 1. The average molecular weight is 1120 g/mol. The summed E-state index contributed by atoms with van der Waals surface area (Å²) in [5.41, 5.74) is -1.53. The van der Waals surface area contributed by atoms with Gasteiger partial charge in [-0.25, -0.2) is 19.2 Å². The number of unbranched alkanes of at least 4 members (excludes halogenated alkanes) is 23. The highest BCUT2D eigenvalue weighted by molar-refractivity contribution is 5.90. The van der Waals surface area contributed by atoms with E-state index in [-0.39, 0.29) is 17.9 Å². The lowest BCUT2D eigenvalue weighted by Gasteiger charge is -2.48. The van der Waals surface area contributed by atoms with Crippen LogP contribution in [-0.4, -0.2) is 102 Å². The van der Waals surface area contributed by atoms with E-state index in [1.165, 1.54) is 128 Å². The standard InChI is InChI=1S/C65H103NO14/c1-10-12-14-16-18-20-22-24-26-28-30-32-40-46-53(75-59(69)50-42-36-34-37-43-50)52(66-55(67)47-41-33-31-29-27-25-23-21-19-17-15-13-11-2)48-74-65(9)58(68)57(76-60(70)51-44-38-35-39-45-51)56(77-62(72)80-64(6,7)8)54(78-65)49-73-61(71)79-63(3,4)5/h34-40,42-46,52-54,56-58,68H,10-33,41,47-49H2,1-9H3,(H,66,67)/b46-40+/t52-,53+,54+,56-,57-,58+,65-/m0/s1. The highest BCUT2D eigenvalue weighted by Gasteiger charge is 2.57. The van der Waals surface area contributed by atoms with Gasteiger partial charge in [-0.15, -0.1) is 0 Å². The molecule has 1 aliphatic heterocycles. The molecule has 3 rings (SSSR count). The van der Waals surface area contributed by atoms with Crippen LogP contribution in [-0.2, 0) is 42.7 Å². The van der Waals surface area contributed by atoms with Crippen molar-refractivity contribution in [2.24, 2.45) is 0 Å². The molecular weight excluding hydrogens is 1020 g/mol. The maximum atomic E-state index is 14.1. The Balaban J connectivity index is 1.95. The van der Waals surface area contributed by atoms with Gasteiger partial charge in [-0.2, -0.15) is 0 Å². The summed E-state index contributed by atoms with van der Waals surface area (Å²) in [6.45, 7) is 14.7. The lowest BCUT2D eigenvalue weighted by atomic mass is 9.92. The topological polar surface area (TPSA) is 191 Å². The lowest BCUT2D eigenvalue weighted by molar-refractivity contribution is -0.357. The molecule has 15 heteroatoms. The third-order valence-electron chi connectivity index (χ3n) is 13.9. The van der Waals surface area contributed by atoms with E-state index in [2.05, 4.69) is 19.2 Å². The van der Waals surface area contributed by atoms with Gasteiger partial charge >= 0.3 is 24.2 Å². The van der Waals surface area contributed by atoms with E-state index in [4.69, 9.17) is 37.9 Å². The lowest BCUT2D eigenvalue weighted by Crippen LogP contribution is -2.67. The predicted molar refractivity (Wildman–Crippen MR) is 312 cm³/mol. The van der Waals surface area contributed by atoms with Gasteiger partial charge in [0.25, 0.3) is 0 Å². The molecule has 1 heterocycles. The van der Waals surface area contributed by atoms with Crippen LogP contribution in [0, 0.1) is 0 Å². The van der Waals surface area contributed by atoms with Crippen molar-refractivity contribution in [3.05, 3.63) is 83.9 Å². The largest absolute Gasteiger partial charge is 0.509 e. The minimum Gasteiger partial charge on any atom is -0.452 e. The monoisotopic (exact) mass is 1120 g/mol. The highest BCUT2D eigenvalue weighted by Crippen LogP contribution is 2.36. The minimum absolute atomic E-state index is 0.126. The molecule has 0 spiro atoms. The maximum absolute atomic E-state index is 14.1. The molecule has 2 aromatic carbocycles. The summed E-state index contributed by atoms with van der Waals surface area (Å²) < 4.78 is 47.5. The Bertz CT molecular complexity index is 2050. The Morgan fingerprint density at radius 1 is 0.600 bits per heavy atom. The second kappa shape index (κ2) is 38.7. The van der Waals surface area contributed by atoms with Crippen molar-refractivity contribution in [1.82, 2.24) is 5.32 Å². The first kappa shape index (κ1) is 69.3. The van der Waals surface area contributed by atoms with Crippen molar-refractivity contribution in [2.45, 2.75) is 283 Å². The number of nitrogens with one attached hydrogen (secondary N) is 1. The van der Waals surface area contributed by atoms with Crippen LogP contribution in [0.15, 0.2) is 72.8 Å². The highest BCUT2D eigenvalue weighted by atomic mass is 16.8. The molecule has 0 saturated carbocycles. The Kier molecular flexibility index (Phi) is 33.5. The fourth-order valence-corrected chi connectivity index (χ4v) is 9.46. The number of hydrogen-bond donors (Lipinski definition) is 2. The first-order chi connectivity index (χ1) is 38.2. The fourth-order valence-electron chi connectivity index (χ4n) is 9.46. The number of ether oxygens (including phenoxy) is 8. The van der Waals surface area contributed by atoms with Crippen molar-refractivity contribution in [2.75, 3.05) is 13.2 Å².